The number of phenols is 1. The fourth-order valence-electron chi connectivity index (χ4n) is 2.60. The molecule has 3 heteroatoms. The maximum atomic E-state index is 12.0. The van der Waals surface area contributed by atoms with Crippen LogP contribution in [0.4, 0.5) is 0 Å². The number of phenolic OH excluding ortho intramolecular Hbond substituents is 1. The minimum Gasteiger partial charge on any atom is -0.507 e. The molecule has 0 radical (unpaired) electrons. The van der Waals surface area contributed by atoms with E-state index < -0.39 is 0 Å². The van der Waals surface area contributed by atoms with Crippen LogP contribution >= 0.6 is 0 Å². The summed E-state index contributed by atoms with van der Waals surface area (Å²) in [5.74, 6) is -0.113. The number of ether oxygens (including phenoxy) is 1. The lowest BCUT2D eigenvalue weighted by Crippen LogP contribution is -2.04. The Balaban J connectivity index is 3.07. The van der Waals surface area contributed by atoms with Crippen molar-refractivity contribution in [1.82, 2.24) is 0 Å². The predicted molar refractivity (Wildman–Crippen MR) is 109 cm³/mol. The molecule has 0 spiro atoms. The van der Waals surface area contributed by atoms with Gasteiger partial charge in [-0.2, -0.15) is 0 Å². The molecule has 0 aromatic heterocycles. The third kappa shape index (κ3) is 7.30. The zero-order chi connectivity index (χ0) is 19.7. The molecule has 142 valence electrons. The van der Waals surface area contributed by atoms with Crippen LogP contribution in [-0.4, -0.2) is 18.2 Å². The largest absolute Gasteiger partial charge is 0.507 e. The van der Waals surface area contributed by atoms with E-state index in [4.69, 9.17) is 4.74 Å². The molecule has 0 aliphatic carbocycles. The molecule has 26 heavy (non-hydrogen) atoms. The van der Waals surface area contributed by atoms with Crippen LogP contribution < -0.4 is 0 Å². The van der Waals surface area contributed by atoms with Gasteiger partial charge in [-0.1, -0.05) is 34.9 Å². The summed E-state index contributed by atoms with van der Waals surface area (Å²) < 4.78 is 4.85. The second-order valence-corrected chi connectivity index (χ2v) is 7.20. The van der Waals surface area contributed by atoms with E-state index in [0.29, 0.717) is 18.4 Å². The molecule has 0 bridgehead atoms. The fraction of sp³-hybridized carbons (Fsp3) is 0.435. The second kappa shape index (κ2) is 10.6. The zero-order valence-corrected chi connectivity index (χ0v) is 17.0. The van der Waals surface area contributed by atoms with Crippen LogP contribution in [0.5, 0.6) is 5.75 Å². The lowest BCUT2D eigenvalue weighted by Gasteiger charge is -2.11. The molecular formula is C23H32O3. The van der Waals surface area contributed by atoms with Crippen LogP contribution in [0.1, 0.15) is 68.9 Å². The molecule has 0 saturated carbocycles. The maximum Gasteiger partial charge on any atom is 0.337 e. The van der Waals surface area contributed by atoms with Crippen molar-refractivity contribution in [2.45, 2.75) is 60.3 Å². The van der Waals surface area contributed by atoms with Crippen molar-refractivity contribution in [3.05, 3.63) is 63.8 Å². The number of rotatable bonds is 8. The smallest absolute Gasteiger partial charge is 0.337 e. The number of allylic oxidation sites excluding steroid dienone is 6. The molecule has 0 amide bonds. The summed E-state index contributed by atoms with van der Waals surface area (Å²) in [4.78, 5) is 12.0. The van der Waals surface area contributed by atoms with Gasteiger partial charge < -0.3 is 9.84 Å². The molecule has 0 atom stereocenters. The summed E-state index contributed by atoms with van der Waals surface area (Å²) in [6.45, 7) is 10.3. The molecule has 3 nitrogen and oxygen atoms in total. The van der Waals surface area contributed by atoms with Crippen molar-refractivity contribution in [1.29, 1.82) is 0 Å². The van der Waals surface area contributed by atoms with Gasteiger partial charge >= 0.3 is 5.97 Å². The molecule has 0 saturated heterocycles. The molecule has 0 unspecified atom stereocenters. The molecule has 0 aliphatic heterocycles. The topological polar surface area (TPSA) is 46.5 Å². The zero-order valence-electron chi connectivity index (χ0n) is 17.0. The van der Waals surface area contributed by atoms with Gasteiger partial charge in [0.2, 0.25) is 0 Å². The highest BCUT2D eigenvalue weighted by atomic mass is 16.5. The van der Waals surface area contributed by atoms with E-state index in [9.17, 15) is 9.90 Å². The summed E-state index contributed by atoms with van der Waals surface area (Å²) in [7, 11) is 1.37. The van der Waals surface area contributed by atoms with Gasteiger partial charge in [0, 0.05) is 0 Å². The minimum absolute atomic E-state index is 0.267. The first-order valence-corrected chi connectivity index (χ1v) is 9.10. The Morgan fingerprint density at radius 2 is 1.50 bits per heavy atom. The van der Waals surface area contributed by atoms with Crippen LogP contribution in [-0.2, 0) is 17.6 Å². The molecule has 0 heterocycles. The normalized spacial score (nSPS) is 11.1. The highest BCUT2D eigenvalue weighted by Crippen LogP contribution is 2.27. The predicted octanol–water partition coefficient (Wildman–Crippen LogP) is 5.92. The second-order valence-electron chi connectivity index (χ2n) is 7.20. The summed E-state index contributed by atoms with van der Waals surface area (Å²) in [6, 6.07) is 3.45. The third-order valence-electron chi connectivity index (χ3n) is 4.18. The van der Waals surface area contributed by atoms with Crippen molar-refractivity contribution >= 4 is 5.97 Å². The Bertz CT molecular complexity index is 713. The summed E-state index contributed by atoms with van der Waals surface area (Å²) >= 11 is 0. The summed E-state index contributed by atoms with van der Waals surface area (Å²) in [5.41, 5.74) is 5.75. The number of benzene rings is 1. The quantitative estimate of drug-likeness (QED) is 0.464. The van der Waals surface area contributed by atoms with Crippen LogP contribution in [0.3, 0.4) is 0 Å². The number of aromatic hydroxyl groups is 1. The SMILES string of the molecule is COC(=O)c1cc(CC=C(C)C)c(O)c(CC=C(C)CCC=C(C)C)c1. The molecule has 1 N–H and O–H groups in total. The van der Waals surface area contributed by atoms with Crippen LogP contribution in [0.25, 0.3) is 0 Å². The fourth-order valence-corrected chi connectivity index (χ4v) is 2.60. The van der Waals surface area contributed by atoms with Gasteiger partial charge in [-0.05, 0) is 83.6 Å². The standard InChI is InChI=1S/C23H32O3/c1-16(2)8-7-9-18(5)11-13-20-15-21(23(25)26-6)14-19(22(20)24)12-10-17(3)4/h8,10-11,14-15,24H,7,9,12-13H2,1-6H3. The molecular weight excluding hydrogens is 324 g/mol. The molecule has 0 aliphatic rings. The average Bonchev–Trinajstić information content (AvgIpc) is 2.58. The van der Waals surface area contributed by atoms with Gasteiger partial charge in [0.1, 0.15) is 5.75 Å². The van der Waals surface area contributed by atoms with E-state index in [0.717, 1.165) is 24.0 Å². The van der Waals surface area contributed by atoms with Crippen LogP contribution in [0.15, 0.2) is 47.1 Å². The Labute approximate surface area is 158 Å². The molecule has 1 aromatic carbocycles. The molecule has 1 aromatic rings. The van der Waals surface area contributed by atoms with Crippen molar-refractivity contribution < 1.29 is 14.6 Å². The Hall–Kier alpha value is -2.29. The van der Waals surface area contributed by atoms with E-state index in [2.05, 4.69) is 32.9 Å². The summed E-state index contributed by atoms with van der Waals surface area (Å²) in [5, 5.41) is 10.6. The summed E-state index contributed by atoms with van der Waals surface area (Å²) in [6.07, 6.45) is 9.59. The van der Waals surface area contributed by atoms with Gasteiger partial charge in [0.15, 0.2) is 0 Å². The van der Waals surface area contributed by atoms with Crippen LogP contribution in [0.2, 0.25) is 0 Å². The third-order valence-corrected chi connectivity index (χ3v) is 4.18. The van der Waals surface area contributed by atoms with Crippen LogP contribution in [0, 0.1) is 0 Å². The monoisotopic (exact) mass is 356 g/mol. The highest BCUT2D eigenvalue weighted by molar-refractivity contribution is 5.90. The lowest BCUT2D eigenvalue weighted by molar-refractivity contribution is 0.0600. The van der Waals surface area contributed by atoms with E-state index >= 15 is 0 Å². The van der Waals surface area contributed by atoms with Crippen molar-refractivity contribution in [2.24, 2.45) is 0 Å². The van der Waals surface area contributed by atoms with E-state index in [-0.39, 0.29) is 11.7 Å². The Morgan fingerprint density at radius 1 is 0.962 bits per heavy atom. The van der Waals surface area contributed by atoms with Gasteiger partial charge in [-0.15, -0.1) is 0 Å². The van der Waals surface area contributed by atoms with Gasteiger partial charge in [0.05, 0.1) is 12.7 Å². The average molecular weight is 357 g/mol. The minimum atomic E-state index is -0.381. The first-order valence-electron chi connectivity index (χ1n) is 9.10. The van der Waals surface area contributed by atoms with E-state index in [1.807, 2.05) is 19.9 Å². The van der Waals surface area contributed by atoms with Gasteiger partial charge in [0.25, 0.3) is 0 Å². The van der Waals surface area contributed by atoms with Crippen molar-refractivity contribution in [3.63, 3.8) is 0 Å². The number of carbonyl (C=O) groups excluding carboxylic acids is 1. The lowest BCUT2D eigenvalue weighted by atomic mass is 9.98. The number of esters is 1. The maximum absolute atomic E-state index is 12.0. The van der Waals surface area contributed by atoms with Gasteiger partial charge in [-0.25, -0.2) is 4.79 Å². The highest BCUT2D eigenvalue weighted by Gasteiger charge is 2.14. The molecule has 1 rings (SSSR count). The first-order chi connectivity index (χ1) is 12.2. The Kier molecular flexibility index (Phi) is 8.91. The number of carbonyl (C=O) groups is 1. The molecule has 0 fully saturated rings. The van der Waals surface area contributed by atoms with E-state index in [1.165, 1.54) is 23.8 Å². The first kappa shape index (κ1) is 21.8. The van der Waals surface area contributed by atoms with Crippen molar-refractivity contribution in [2.75, 3.05) is 7.11 Å². The number of methoxy groups -OCH3 is 1. The van der Waals surface area contributed by atoms with Gasteiger partial charge in [-0.3, -0.25) is 0 Å². The Morgan fingerprint density at radius 3 is 2.00 bits per heavy atom. The van der Waals surface area contributed by atoms with E-state index in [1.54, 1.807) is 12.1 Å². The van der Waals surface area contributed by atoms with Crippen molar-refractivity contribution in [3.8, 4) is 5.75 Å². The number of hydrogen-bond acceptors (Lipinski definition) is 3. The number of hydrogen-bond donors (Lipinski definition) is 1.